The minimum absolute atomic E-state index is 0.123. The molecule has 0 atom stereocenters. The third-order valence-corrected chi connectivity index (χ3v) is 0.340. The van der Waals surface area contributed by atoms with Crippen LogP contribution in [0.4, 0.5) is 13.2 Å². The molecular weight excluding hydrogens is 125 g/mol. The van der Waals surface area contributed by atoms with Gasteiger partial charge in [-0.15, -0.1) is 0 Å². The van der Waals surface area contributed by atoms with Gasteiger partial charge in [-0.3, -0.25) is 0 Å². The molecule has 40 valence electrons. The first kappa shape index (κ1) is 6.66. The minimum Gasteiger partial charge on any atom is -0.166 e. The van der Waals surface area contributed by atoms with Gasteiger partial charge in [0.15, 0.2) is 0 Å². The van der Waals surface area contributed by atoms with Crippen molar-refractivity contribution >= 4 is 17.2 Å². The van der Waals surface area contributed by atoms with Gasteiger partial charge in [0.05, 0.1) is 6.08 Å². The summed E-state index contributed by atoms with van der Waals surface area (Å²) in [5.74, 6) is 0. The van der Waals surface area contributed by atoms with Crippen LogP contribution in [0.5, 0.6) is 0 Å². The Kier molecular flexibility index (Phi) is 1.99. The number of hydrogen-bond donors (Lipinski definition) is 0. The third kappa shape index (κ3) is 5.66. The summed E-state index contributed by atoms with van der Waals surface area (Å²) in [6, 6.07) is 0. The molecular formula is C3HF3S. The zero-order valence-electron chi connectivity index (χ0n) is 3.12. The van der Waals surface area contributed by atoms with Crippen LogP contribution in [0.15, 0.2) is 6.08 Å². The van der Waals surface area contributed by atoms with E-state index in [1.165, 1.54) is 5.02 Å². The highest BCUT2D eigenvalue weighted by atomic mass is 32.1. The maximum atomic E-state index is 10.9. The van der Waals surface area contributed by atoms with Crippen LogP contribution in [0, 0.1) is 0 Å². The third-order valence-electron chi connectivity index (χ3n) is 0.223. The SMILES string of the molecule is FC(F)(F)C=C=S. The van der Waals surface area contributed by atoms with E-state index in [-0.39, 0.29) is 6.08 Å². The van der Waals surface area contributed by atoms with Crippen LogP contribution in [-0.4, -0.2) is 11.2 Å². The van der Waals surface area contributed by atoms with E-state index in [9.17, 15) is 13.2 Å². The van der Waals surface area contributed by atoms with E-state index in [0.717, 1.165) is 0 Å². The summed E-state index contributed by atoms with van der Waals surface area (Å²) >= 11 is 3.77. The minimum atomic E-state index is -4.29. The molecule has 0 N–H and O–H groups in total. The highest BCUT2D eigenvalue weighted by molar-refractivity contribution is 7.78. The average molecular weight is 126 g/mol. The first-order valence-electron chi connectivity index (χ1n) is 1.35. The van der Waals surface area contributed by atoms with Crippen molar-refractivity contribution in [3.05, 3.63) is 6.08 Å². The van der Waals surface area contributed by atoms with Crippen molar-refractivity contribution in [2.45, 2.75) is 6.18 Å². The first-order chi connectivity index (χ1) is 3.06. The van der Waals surface area contributed by atoms with Crippen LogP contribution in [0.3, 0.4) is 0 Å². The van der Waals surface area contributed by atoms with E-state index in [1.807, 2.05) is 0 Å². The van der Waals surface area contributed by atoms with E-state index in [1.54, 1.807) is 0 Å². The largest absolute Gasteiger partial charge is 0.417 e. The van der Waals surface area contributed by atoms with Crippen molar-refractivity contribution in [1.29, 1.82) is 0 Å². The van der Waals surface area contributed by atoms with Crippen molar-refractivity contribution in [2.24, 2.45) is 0 Å². The van der Waals surface area contributed by atoms with Gasteiger partial charge in [0, 0.05) is 0 Å². The van der Waals surface area contributed by atoms with E-state index >= 15 is 0 Å². The predicted molar refractivity (Wildman–Crippen MR) is 23.2 cm³/mol. The highest BCUT2D eigenvalue weighted by Gasteiger charge is 2.21. The van der Waals surface area contributed by atoms with Crippen LogP contribution in [0.2, 0.25) is 0 Å². The molecule has 4 heteroatoms. The molecule has 7 heavy (non-hydrogen) atoms. The highest BCUT2D eigenvalue weighted by Crippen LogP contribution is 2.13. The number of hydrogen-bond acceptors (Lipinski definition) is 1. The molecule has 0 nitrogen and oxygen atoms in total. The number of halogens is 3. The van der Waals surface area contributed by atoms with E-state index in [0.29, 0.717) is 0 Å². The van der Waals surface area contributed by atoms with E-state index in [2.05, 4.69) is 12.2 Å². The molecule has 0 rings (SSSR count). The Morgan fingerprint density at radius 2 is 1.86 bits per heavy atom. The second kappa shape index (κ2) is 2.09. The van der Waals surface area contributed by atoms with Gasteiger partial charge in [0.2, 0.25) is 0 Å². The number of alkyl halides is 3. The second-order valence-corrected chi connectivity index (χ2v) is 1.04. The summed E-state index contributed by atoms with van der Waals surface area (Å²) in [6.45, 7) is 0. The standard InChI is InChI=1S/C3HF3S/c4-3(5,6)1-2-7/h1H. The van der Waals surface area contributed by atoms with Gasteiger partial charge >= 0.3 is 6.18 Å². The fourth-order valence-electron chi connectivity index (χ4n) is 0.0668. The molecule has 0 saturated carbocycles. The van der Waals surface area contributed by atoms with Crippen LogP contribution in [-0.2, 0) is 0 Å². The Morgan fingerprint density at radius 1 is 1.43 bits per heavy atom. The van der Waals surface area contributed by atoms with Gasteiger partial charge in [-0.25, -0.2) is 0 Å². The summed E-state index contributed by atoms with van der Waals surface area (Å²) in [7, 11) is 0. The molecule has 0 amide bonds. The van der Waals surface area contributed by atoms with Crippen LogP contribution < -0.4 is 0 Å². The molecule has 0 aromatic heterocycles. The van der Waals surface area contributed by atoms with Gasteiger partial charge in [-0.05, 0) is 17.2 Å². The molecule has 0 spiro atoms. The molecule has 0 unspecified atom stereocenters. The van der Waals surface area contributed by atoms with Gasteiger partial charge in [0.25, 0.3) is 0 Å². The van der Waals surface area contributed by atoms with Crippen LogP contribution in [0.25, 0.3) is 0 Å². The molecule has 0 bridgehead atoms. The van der Waals surface area contributed by atoms with Gasteiger partial charge < -0.3 is 0 Å². The van der Waals surface area contributed by atoms with E-state index in [4.69, 9.17) is 0 Å². The lowest BCUT2D eigenvalue weighted by Gasteiger charge is -1.90. The van der Waals surface area contributed by atoms with Crippen molar-refractivity contribution < 1.29 is 13.2 Å². The summed E-state index contributed by atoms with van der Waals surface area (Å²) in [5.41, 5.74) is 0. The fourth-order valence-corrected chi connectivity index (χ4v) is 0.200. The lowest BCUT2D eigenvalue weighted by atomic mass is 10.6. The Bertz CT molecular complexity index is 97.2. The quantitative estimate of drug-likeness (QED) is 0.445. The summed E-state index contributed by atoms with van der Waals surface area (Å²) in [4.78, 5) is 0. The first-order valence-corrected chi connectivity index (χ1v) is 1.76. The summed E-state index contributed by atoms with van der Waals surface area (Å²) in [5, 5.41) is 1.44. The second-order valence-electron chi connectivity index (χ2n) is 0.804. The molecule has 0 radical (unpaired) electrons. The summed E-state index contributed by atoms with van der Waals surface area (Å²) < 4.78 is 32.6. The normalized spacial score (nSPS) is 10.1. The molecule has 0 aliphatic heterocycles. The Balaban J connectivity index is 3.80. The van der Waals surface area contributed by atoms with Crippen molar-refractivity contribution in [3.8, 4) is 0 Å². The Labute approximate surface area is 43.6 Å². The van der Waals surface area contributed by atoms with Gasteiger partial charge in [-0.2, -0.15) is 13.2 Å². The smallest absolute Gasteiger partial charge is 0.166 e. The molecule has 0 aliphatic carbocycles. The molecule has 0 heterocycles. The topological polar surface area (TPSA) is 0 Å². The van der Waals surface area contributed by atoms with Crippen LogP contribution in [0.1, 0.15) is 0 Å². The number of allylic oxidation sites excluding steroid dienone is 1. The Morgan fingerprint density at radius 3 is 1.86 bits per heavy atom. The predicted octanol–water partition coefficient (Wildman–Crippen LogP) is 1.70. The monoisotopic (exact) mass is 126 g/mol. The Hall–Kier alpha value is -0.340. The zero-order chi connectivity index (χ0) is 5.91. The van der Waals surface area contributed by atoms with Crippen molar-refractivity contribution in [2.75, 3.05) is 0 Å². The number of rotatable bonds is 0. The lowest BCUT2D eigenvalue weighted by molar-refractivity contribution is -0.0784. The maximum Gasteiger partial charge on any atom is 0.417 e. The molecule has 0 aromatic rings. The number of thiocarbonyl (C=S) groups is 1. The summed E-state index contributed by atoms with van der Waals surface area (Å²) in [6.07, 6.45) is -4.41. The fraction of sp³-hybridized carbons (Fsp3) is 0.333. The lowest BCUT2D eigenvalue weighted by Crippen LogP contribution is -1.99. The average Bonchev–Trinajstić information content (AvgIpc) is 1.30. The van der Waals surface area contributed by atoms with Gasteiger partial charge in [0.1, 0.15) is 0 Å². The molecule has 0 aliphatic rings. The maximum absolute atomic E-state index is 10.9. The molecule has 0 aromatic carbocycles. The molecule has 0 fully saturated rings. The van der Waals surface area contributed by atoms with Crippen LogP contribution >= 0.6 is 12.2 Å². The molecule has 0 saturated heterocycles. The van der Waals surface area contributed by atoms with Crippen molar-refractivity contribution in [3.63, 3.8) is 0 Å². The van der Waals surface area contributed by atoms with Gasteiger partial charge in [-0.1, -0.05) is 0 Å². The van der Waals surface area contributed by atoms with E-state index < -0.39 is 6.18 Å². The van der Waals surface area contributed by atoms with Crippen molar-refractivity contribution in [1.82, 2.24) is 0 Å². The zero-order valence-corrected chi connectivity index (χ0v) is 3.94.